The third-order valence-electron chi connectivity index (χ3n) is 3.13. The minimum absolute atomic E-state index is 0.556. The molecule has 1 aliphatic carbocycles. The molecule has 1 fully saturated rings. The predicted octanol–water partition coefficient (Wildman–Crippen LogP) is 3.51. The molecular formula is C13H16N4S. The van der Waals surface area contributed by atoms with Crippen molar-refractivity contribution in [3.8, 4) is 0 Å². The Labute approximate surface area is 110 Å². The third-order valence-corrected chi connectivity index (χ3v) is 3.81. The molecule has 5 heteroatoms. The van der Waals surface area contributed by atoms with Gasteiger partial charge in [-0.2, -0.15) is 11.3 Å². The molecular weight excluding hydrogens is 244 g/mol. The quantitative estimate of drug-likeness (QED) is 0.883. The minimum Gasteiger partial charge on any atom is -0.373 e. The summed E-state index contributed by atoms with van der Waals surface area (Å²) in [5.41, 5.74) is 2.15. The van der Waals surface area contributed by atoms with Gasteiger partial charge in [0.25, 0.3) is 0 Å². The van der Waals surface area contributed by atoms with Crippen LogP contribution in [0.2, 0.25) is 0 Å². The van der Waals surface area contributed by atoms with Crippen molar-refractivity contribution < 1.29 is 0 Å². The lowest BCUT2D eigenvalue weighted by Crippen LogP contribution is -2.06. The Morgan fingerprint density at radius 1 is 1.28 bits per heavy atom. The van der Waals surface area contributed by atoms with Gasteiger partial charge in [-0.25, -0.2) is 9.97 Å². The Hall–Kier alpha value is -1.62. The second kappa shape index (κ2) is 4.57. The second-order valence-corrected chi connectivity index (χ2v) is 5.35. The monoisotopic (exact) mass is 260 g/mol. The van der Waals surface area contributed by atoms with Crippen LogP contribution in [0.4, 0.5) is 17.3 Å². The number of thiophene rings is 1. The molecule has 2 aromatic heterocycles. The van der Waals surface area contributed by atoms with Gasteiger partial charge in [-0.1, -0.05) is 0 Å². The summed E-state index contributed by atoms with van der Waals surface area (Å²) in [7, 11) is 1.90. The van der Waals surface area contributed by atoms with E-state index in [1.54, 1.807) is 11.3 Å². The Morgan fingerprint density at radius 3 is 2.67 bits per heavy atom. The molecule has 0 spiro atoms. The lowest BCUT2D eigenvalue weighted by molar-refractivity contribution is 0.924. The normalized spacial score (nSPS) is 14.6. The van der Waals surface area contributed by atoms with Gasteiger partial charge >= 0.3 is 0 Å². The Kier molecular flexibility index (Phi) is 2.91. The van der Waals surface area contributed by atoms with E-state index in [0.717, 1.165) is 28.7 Å². The summed E-state index contributed by atoms with van der Waals surface area (Å²) in [6.07, 6.45) is 2.42. The molecule has 1 saturated carbocycles. The second-order valence-electron chi connectivity index (χ2n) is 4.57. The number of rotatable bonds is 4. The lowest BCUT2D eigenvalue weighted by Gasteiger charge is -2.12. The first kappa shape index (κ1) is 11.5. The van der Waals surface area contributed by atoms with Gasteiger partial charge in [0.05, 0.1) is 5.69 Å². The summed E-state index contributed by atoms with van der Waals surface area (Å²) in [6.45, 7) is 2.04. The highest BCUT2D eigenvalue weighted by molar-refractivity contribution is 7.08. The van der Waals surface area contributed by atoms with Crippen molar-refractivity contribution in [2.45, 2.75) is 25.7 Å². The van der Waals surface area contributed by atoms with E-state index in [4.69, 9.17) is 0 Å². The molecule has 0 atom stereocenters. The molecule has 3 rings (SSSR count). The molecule has 0 radical (unpaired) electrons. The van der Waals surface area contributed by atoms with Crippen molar-refractivity contribution in [1.82, 2.24) is 9.97 Å². The van der Waals surface area contributed by atoms with Crippen LogP contribution in [0, 0.1) is 6.92 Å². The molecule has 2 heterocycles. The van der Waals surface area contributed by atoms with Crippen LogP contribution in [0.15, 0.2) is 16.8 Å². The van der Waals surface area contributed by atoms with Gasteiger partial charge in [0, 0.05) is 23.9 Å². The van der Waals surface area contributed by atoms with E-state index in [1.165, 1.54) is 12.8 Å². The Balaban J connectivity index is 1.98. The van der Waals surface area contributed by atoms with Gasteiger partial charge in [0.2, 0.25) is 0 Å². The fraction of sp³-hybridized carbons (Fsp3) is 0.385. The molecule has 0 aromatic carbocycles. The minimum atomic E-state index is 0.556. The number of aromatic nitrogens is 2. The molecule has 18 heavy (non-hydrogen) atoms. The summed E-state index contributed by atoms with van der Waals surface area (Å²) in [5.74, 6) is 3.35. The van der Waals surface area contributed by atoms with Crippen molar-refractivity contribution in [3.63, 3.8) is 0 Å². The zero-order valence-electron chi connectivity index (χ0n) is 10.5. The highest BCUT2D eigenvalue weighted by Gasteiger charge is 2.28. The molecule has 0 amide bonds. The van der Waals surface area contributed by atoms with E-state index in [0.29, 0.717) is 5.92 Å². The number of hydrogen-bond acceptors (Lipinski definition) is 5. The van der Waals surface area contributed by atoms with Crippen LogP contribution in [0.3, 0.4) is 0 Å². The average molecular weight is 260 g/mol. The summed E-state index contributed by atoms with van der Waals surface area (Å²) in [6, 6.07) is 2.06. The van der Waals surface area contributed by atoms with Crippen LogP contribution in [-0.4, -0.2) is 17.0 Å². The van der Waals surface area contributed by atoms with E-state index in [1.807, 2.05) is 14.0 Å². The van der Waals surface area contributed by atoms with Crippen LogP contribution in [-0.2, 0) is 0 Å². The Bertz CT molecular complexity index is 546. The molecule has 0 saturated heterocycles. The maximum Gasteiger partial charge on any atom is 0.139 e. The van der Waals surface area contributed by atoms with Crippen LogP contribution in [0.5, 0.6) is 0 Å². The van der Waals surface area contributed by atoms with Crippen molar-refractivity contribution in [2.24, 2.45) is 0 Å². The van der Waals surface area contributed by atoms with Crippen LogP contribution in [0.1, 0.15) is 30.1 Å². The topological polar surface area (TPSA) is 49.8 Å². The van der Waals surface area contributed by atoms with Gasteiger partial charge < -0.3 is 10.6 Å². The maximum absolute atomic E-state index is 4.66. The zero-order chi connectivity index (χ0) is 12.5. The van der Waals surface area contributed by atoms with Crippen molar-refractivity contribution >= 4 is 28.7 Å². The largest absolute Gasteiger partial charge is 0.373 e. The molecule has 2 aromatic rings. The van der Waals surface area contributed by atoms with Gasteiger partial charge in [-0.05, 0) is 31.2 Å². The standard InChI is InChI=1S/C13H16N4S/c1-8-11(14-2)16-13(9-3-4-9)17-12(8)15-10-5-6-18-7-10/h5-7,9H,3-4H2,1-2H3,(H2,14,15,16,17). The van der Waals surface area contributed by atoms with Crippen molar-refractivity contribution in [2.75, 3.05) is 17.7 Å². The van der Waals surface area contributed by atoms with Crippen LogP contribution < -0.4 is 10.6 Å². The number of anilines is 3. The average Bonchev–Trinajstić information content (AvgIpc) is 3.11. The van der Waals surface area contributed by atoms with Gasteiger partial charge in [-0.15, -0.1) is 0 Å². The maximum atomic E-state index is 4.66. The van der Waals surface area contributed by atoms with E-state index in [-0.39, 0.29) is 0 Å². The molecule has 0 aliphatic heterocycles. The van der Waals surface area contributed by atoms with Gasteiger partial charge in [0.15, 0.2) is 0 Å². The van der Waals surface area contributed by atoms with E-state index < -0.39 is 0 Å². The van der Waals surface area contributed by atoms with Crippen molar-refractivity contribution in [3.05, 3.63) is 28.2 Å². The highest BCUT2D eigenvalue weighted by Crippen LogP contribution is 2.39. The van der Waals surface area contributed by atoms with Gasteiger partial charge in [0.1, 0.15) is 17.5 Å². The van der Waals surface area contributed by atoms with E-state index >= 15 is 0 Å². The van der Waals surface area contributed by atoms with E-state index in [2.05, 4.69) is 37.4 Å². The molecule has 4 nitrogen and oxygen atoms in total. The SMILES string of the molecule is CNc1nc(C2CC2)nc(Nc2ccsc2)c1C. The zero-order valence-corrected chi connectivity index (χ0v) is 11.3. The summed E-state index contributed by atoms with van der Waals surface area (Å²) >= 11 is 1.68. The fourth-order valence-corrected chi connectivity index (χ4v) is 2.48. The smallest absolute Gasteiger partial charge is 0.139 e. The molecule has 1 aliphatic rings. The van der Waals surface area contributed by atoms with Crippen LogP contribution >= 0.6 is 11.3 Å². The van der Waals surface area contributed by atoms with Crippen molar-refractivity contribution in [1.29, 1.82) is 0 Å². The lowest BCUT2D eigenvalue weighted by atomic mass is 10.2. The summed E-state index contributed by atoms with van der Waals surface area (Å²) in [5, 5.41) is 10.7. The van der Waals surface area contributed by atoms with Gasteiger partial charge in [-0.3, -0.25) is 0 Å². The summed E-state index contributed by atoms with van der Waals surface area (Å²) in [4.78, 5) is 9.24. The first-order chi connectivity index (χ1) is 8.78. The first-order valence-electron chi connectivity index (χ1n) is 6.13. The molecule has 2 N–H and O–H groups in total. The Morgan fingerprint density at radius 2 is 2.06 bits per heavy atom. The molecule has 0 bridgehead atoms. The first-order valence-corrected chi connectivity index (χ1v) is 7.07. The number of hydrogen-bond donors (Lipinski definition) is 2. The predicted molar refractivity (Wildman–Crippen MR) is 75.9 cm³/mol. The fourth-order valence-electron chi connectivity index (χ4n) is 1.90. The molecule has 0 unspecified atom stereocenters. The van der Waals surface area contributed by atoms with Crippen LogP contribution in [0.25, 0.3) is 0 Å². The highest BCUT2D eigenvalue weighted by atomic mass is 32.1. The number of nitrogens with zero attached hydrogens (tertiary/aromatic N) is 2. The third kappa shape index (κ3) is 2.18. The van der Waals surface area contributed by atoms with E-state index in [9.17, 15) is 0 Å². The number of nitrogens with one attached hydrogen (secondary N) is 2. The summed E-state index contributed by atoms with van der Waals surface area (Å²) < 4.78 is 0. The molecule has 94 valence electrons.